The molecule has 8 unspecified atom stereocenters. The topological polar surface area (TPSA) is 105 Å². The predicted octanol–water partition coefficient (Wildman–Crippen LogP) is 2.98. The van der Waals surface area contributed by atoms with Gasteiger partial charge >= 0.3 is 0 Å². The molecule has 4 rings (SSSR count). The fourth-order valence-electron chi connectivity index (χ4n) is 8.14. The normalized spacial score (nSPS) is 44.9. The van der Waals surface area contributed by atoms with Crippen LogP contribution in [0.5, 0.6) is 0 Å². The number of ether oxygens (including phenoxy) is 1. The van der Waals surface area contributed by atoms with Gasteiger partial charge in [0.15, 0.2) is 0 Å². The molecule has 4 saturated carbocycles. The Hall–Kier alpha value is -0.820. The van der Waals surface area contributed by atoms with Crippen LogP contribution < -0.4 is 5.73 Å². The predicted molar refractivity (Wildman–Crippen MR) is 125 cm³/mol. The Balaban J connectivity index is 1.46. The van der Waals surface area contributed by atoms with Crippen LogP contribution in [0.2, 0.25) is 0 Å². The van der Waals surface area contributed by atoms with Crippen molar-refractivity contribution in [2.45, 2.75) is 77.7 Å². The summed E-state index contributed by atoms with van der Waals surface area (Å²) in [6.07, 6.45) is 8.06. The molecule has 4 aliphatic carbocycles. The zero-order chi connectivity index (χ0) is 22.9. The van der Waals surface area contributed by atoms with E-state index in [9.17, 15) is 15.0 Å². The van der Waals surface area contributed by atoms with E-state index in [0.717, 1.165) is 64.5 Å². The van der Waals surface area contributed by atoms with Gasteiger partial charge < -0.3 is 20.7 Å². The third-order valence-corrected chi connectivity index (χ3v) is 10.00. The number of Topliss-reactive ketones (excluding diaryl/α,β-unsaturated/α-hetero) is 1. The van der Waals surface area contributed by atoms with Gasteiger partial charge in [-0.1, -0.05) is 13.8 Å². The molecule has 0 aliphatic heterocycles. The van der Waals surface area contributed by atoms with Crippen LogP contribution in [0.25, 0.3) is 0 Å². The Morgan fingerprint density at radius 2 is 1.91 bits per heavy atom. The number of nitrogens with zero attached hydrogens (tertiary/aromatic N) is 1. The Bertz CT molecular complexity index is 712. The van der Waals surface area contributed by atoms with Gasteiger partial charge in [-0.25, -0.2) is 0 Å². The summed E-state index contributed by atoms with van der Waals surface area (Å²) in [5, 5.41) is 21.9. The second-order valence-corrected chi connectivity index (χ2v) is 11.4. The van der Waals surface area contributed by atoms with Crippen molar-refractivity contribution >= 4 is 11.5 Å². The number of rotatable bonds is 8. The average Bonchev–Trinajstić information content (AvgIpc) is 3.08. The van der Waals surface area contributed by atoms with Crippen LogP contribution in [-0.4, -0.2) is 60.7 Å². The van der Waals surface area contributed by atoms with Gasteiger partial charge in [-0.15, -0.1) is 0 Å². The molecule has 4 fully saturated rings. The van der Waals surface area contributed by atoms with Crippen LogP contribution in [0.4, 0.5) is 0 Å². The SMILES string of the molecule is CC12CCC3C(C(O)C(CO)C4CC(=NCCCCOCCN)CCC43C)C1CCC2=O. The minimum atomic E-state index is -0.516. The van der Waals surface area contributed by atoms with Gasteiger partial charge in [0.2, 0.25) is 0 Å². The molecule has 0 aromatic carbocycles. The molecule has 0 amide bonds. The molecule has 4 N–H and O–H groups in total. The highest BCUT2D eigenvalue weighted by molar-refractivity contribution is 5.87. The summed E-state index contributed by atoms with van der Waals surface area (Å²) in [6.45, 7) is 7.33. The van der Waals surface area contributed by atoms with Crippen molar-refractivity contribution in [3.8, 4) is 0 Å². The fraction of sp³-hybridized carbons (Fsp3) is 0.923. The summed E-state index contributed by atoms with van der Waals surface area (Å²) in [6, 6.07) is 0. The van der Waals surface area contributed by atoms with E-state index in [1.807, 2.05) is 0 Å². The van der Waals surface area contributed by atoms with Crippen LogP contribution >= 0.6 is 0 Å². The molecule has 0 aromatic heterocycles. The van der Waals surface area contributed by atoms with Gasteiger partial charge in [-0.3, -0.25) is 9.79 Å². The second-order valence-electron chi connectivity index (χ2n) is 11.4. The molecule has 0 bridgehead atoms. The first-order chi connectivity index (χ1) is 15.4. The molecular weight excluding hydrogens is 404 g/mol. The highest BCUT2D eigenvalue weighted by Gasteiger charge is 2.64. The molecule has 6 nitrogen and oxygen atoms in total. The Morgan fingerprint density at radius 3 is 2.66 bits per heavy atom. The second kappa shape index (κ2) is 9.81. The van der Waals surface area contributed by atoms with Gasteiger partial charge in [0.25, 0.3) is 0 Å². The Kier molecular flexibility index (Phi) is 7.45. The van der Waals surface area contributed by atoms with Crippen molar-refractivity contribution in [2.75, 3.05) is 32.9 Å². The number of aliphatic imine (C=N–C) groups is 1. The molecule has 182 valence electrons. The number of unbranched alkanes of at least 4 members (excludes halogenated alkanes) is 1. The van der Waals surface area contributed by atoms with Gasteiger partial charge in [0.1, 0.15) is 5.78 Å². The lowest BCUT2D eigenvalue weighted by Gasteiger charge is -2.63. The lowest BCUT2D eigenvalue weighted by molar-refractivity contribution is -0.188. The highest BCUT2D eigenvalue weighted by Crippen LogP contribution is 2.66. The molecule has 4 aliphatic rings. The fourth-order valence-corrected chi connectivity index (χ4v) is 8.14. The molecule has 0 spiro atoms. The molecule has 0 aromatic rings. The van der Waals surface area contributed by atoms with Crippen molar-refractivity contribution in [3.63, 3.8) is 0 Å². The molecular formula is C26H44N2O4. The van der Waals surface area contributed by atoms with Crippen molar-refractivity contribution < 1.29 is 19.7 Å². The molecule has 0 heterocycles. The largest absolute Gasteiger partial charge is 0.396 e. The van der Waals surface area contributed by atoms with Crippen molar-refractivity contribution in [1.82, 2.24) is 0 Å². The van der Waals surface area contributed by atoms with Crippen molar-refractivity contribution in [1.29, 1.82) is 0 Å². The van der Waals surface area contributed by atoms with Crippen LogP contribution in [0, 0.1) is 40.4 Å². The summed E-state index contributed by atoms with van der Waals surface area (Å²) in [5.74, 6) is 1.40. The molecule has 6 heteroatoms. The van der Waals surface area contributed by atoms with Crippen LogP contribution in [0.15, 0.2) is 4.99 Å². The third kappa shape index (κ3) is 4.10. The van der Waals surface area contributed by atoms with E-state index in [1.54, 1.807) is 0 Å². The molecule has 32 heavy (non-hydrogen) atoms. The average molecular weight is 449 g/mol. The summed E-state index contributed by atoms with van der Waals surface area (Å²) in [7, 11) is 0. The van der Waals surface area contributed by atoms with E-state index in [-0.39, 0.29) is 41.1 Å². The summed E-state index contributed by atoms with van der Waals surface area (Å²) < 4.78 is 5.44. The van der Waals surface area contributed by atoms with Crippen LogP contribution in [0.1, 0.15) is 71.6 Å². The summed E-state index contributed by atoms with van der Waals surface area (Å²) in [4.78, 5) is 17.6. The van der Waals surface area contributed by atoms with E-state index >= 15 is 0 Å². The zero-order valence-corrected chi connectivity index (χ0v) is 20.1. The van der Waals surface area contributed by atoms with E-state index in [2.05, 4.69) is 13.8 Å². The number of hydrogen-bond acceptors (Lipinski definition) is 6. The first-order valence-corrected chi connectivity index (χ1v) is 13.0. The number of carbonyl (C=O) groups excluding carboxylic acids is 1. The third-order valence-electron chi connectivity index (χ3n) is 10.00. The van der Waals surface area contributed by atoms with Crippen molar-refractivity contribution in [2.24, 2.45) is 51.1 Å². The molecule has 0 saturated heterocycles. The highest BCUT2D eigenvalue weighted by atomic mass is 16.5. The van der Waals surface area contributed by atoms with Gasteiger partial charge in [0.05, 0.1) is 12.7 Å². The number of nitrogens with two attached hydrogens (primary N) is 1. The maximum absolute atomic E-state index is 12.7. The number of ketones is 1. The van der Waals surface area contributed by atoms with E-state index < -0.39 is 6.10 Å². The minimum Gasteiger partial charge on any atom is -0.396 e. The van der Waals surface area contributed by atoms with E-state index in [0.29, 0.717) is 31.3 Å². The maximum Gasteiger partial charge on any atom is 0.139 e. The van der Waals surface area contributed by atoms with Crippen LogP contribution in [-0.2, 0) is 9.53 Å². The first-order valence-electron chi connectivity index (χ1n) is 13.0. The first kappa shape index (κ1) is 24.3. The zero-order valence-electron chi connectivity index (χ0n) is 20.1. The summed E-state index contributed by atoms with van der Waals surface area (Å²) in [5.41, 5.74) is 6.55. The minimum absolute atomic E-state index is 0.0216. The van der Waals surface area contributed by atoms with Crippen molar-refractivity contribution in [3.05, 3.63) is 0 Å². The number of fused-ring (bicyclic) bond motifs is 5. The smallest absolute Gasteiger partial charge is 0.139 e. The number of aliphatic hydroxyl groups is 2. The Morgan fingerprint density at radius 1 is 1.09 bits per heavy atom. The van der Waals surface area contributed by atoms with Gasteiger partial charge in [0, 0.05) is 49.8 Å². The monoisotopic (exact) mass is 448 g/mol. The van der Waals surface area contributed by atoms with E-state index in [4.69, 9.17) is 15.5 Å². The number of hydrogen-bond donors (Lipinski definition) is 3. The molecule has 8 atom stereocenters. The summed E-state index contributed by atoms with van der Waals surface area (Å²) >= 11 is 0. The Labute approximate surface area is 193 Å². The number of carbonyl (C=O) groups is 1. The number of aliphatic hydroxyl groups excluding tert-OH is 2. The lowest BCUT2D eigenvalue weighted by atomic mass is 9.42. The standard InChI is InChI=1S/C26H44N2O4/c1-25-9-7-17(28-12-3-4-13-32-14-11-27)15-21(25)18(16-29)24(31)23-19-5-6-22(30)26(19,2)10-8-20(23)25/h18-21,23-24,29,31H,3-16,27H2,1-2H3. The van der Waals surface area contributed by atoms with E-state index in [1.165, 1.54) is 5.71 Å². The van der Waals surface area contributed by atoms with Crippen LogP contribution in [0.3, 0.4) is 0 Å². The molecule has 0 radical (unpaired) electrons. The maximum atomic E-state index is 12.7. The van der Waals surface area contributed by atoms with Gasteiger partial charge in [-0.2, -0.15) is 0 Å². The quantitative estimate of drug-likeness (QED) is 0.495. The van der Waals surface area contributed by atoms with Gasteiger partial charge in [-0.05, 0) is 80.5 Å². The lowest BCUT2D eigenvalue weighted by Crippen LogP contribution is -2.62.